The Balaban J connectivity index is 1.32. The van der Waals surface area contributed by atoms with Crippen molar-refractivity contribution < 1.29 is 28.6 Å². The molecule has 1 fully saturated rings. The van der Waals surface area contributed by atoms with Crippen LogP contribution in [0.15, 0.2) is 30.6 Å². The number of rotatable bonds is 11. The normalized spacial score (nSPS) is 15.9. The van der Waals surface area contributed by atoms with Crippen molar-refractivity contribution in [2.24, 2.45) is 0 Å². The van der Waals surface area contributed by atoms with E-state index >= 15 is 0 Å². The lowest BCUT2D eigenvalue weighted by Crippen LogP contribution is -2.29. The minimum absolute atomic E-state index is 0.102. The Labute approximate surface area is 242 Å². The molecule has 0 bridgehead atoms. The molecule has 0 aliphatic carbocycles. The molecule has 220 valence electrons. The van der Waals surface area contributed by atoms with E-state index in [1.54, 1.807) is 32.6 Å². The molecule has 2 atom stereocenters. The lowest BCUT2D eigenvalue weighted by atomic mass is 10.1. The zero-order valence-electron chi connectivity index (χ0n) is 23.7. The smallest absolute Gasteiger partial charge is 0.263 e. The summed E-state index contributed by atoms with van der Waals surface area (Å²) in [5.41, 5.74) is 0.324. The highest BCUT2D eigenvalue weighted by Crippen LogP contribution is 2.29. The van der Waals surface area contributed by atoms with Gasteiger partial charge in [-0.3, -0.25) is 9.59 Å². The number of carbonyl (C=O) groups excluding carboxylic acids is 2. The molecule has 3 heterocycles. The van der Waals surface area contributed by atoms with Crippen LogP contribution in [0.25, 0.3) is 0 Å². The van der Waals surface area contributed by atoms with Crippen LogP contribution in [-0.4, -0.2) is 63.3 Å². The van der Waals surface area contributed by atoms with Gasteiger partial charge in [-0.15, -0.1) is 0 Å². The molecule has 2 aromatic heterocycles. The molecule has 0 saturated carbocycles. The van der Waals surface area contributed by atoms with Crippen molar-refractivity contribution in [3.05, 3.63) is 52.5 Å². The highest BCUT2D eigenvalue weighted by molar-refractivity contribution is 7.17. The maximum atomic E-state index is 15.0. The van der Waals surface area contributed by atoms with Crippen molar-refractivity contribution in [3.63, 3.8) is 0 Å². The number of halogens is 1. The lowest BCUT2D eigenvalue weighted by molar-refractivity contribution is -0.115. The SMILES string of the molecule is CCC(=O)Nc1nc(C)c(C(=O)N[C@@H](C)c2ccc(O[C@@H]3CCN(c4ncnc(OCC(C)(C)O)c4F)C3)cc2)s1. The first-order chi connectivity index (χ1) is 19.4. The molecule has 0 spiro atoms. The summed E-state index contributed by atoms with van der Waals surface area (Å²) >= 11 is 1.14. The summed E-state index contributed by atoms with van der Waals surface area (Å²) in [6.45, 7) is 9.37. The first-order valence-electron chi connectivity index (χ1n) is 13.4. The predicted octanol–water partition coefficient (Wildman–Crippen LogP) is 4.03. The Kier molecular flexibility index (Phi) is 9.38. The van der Waals surface area contributed by atoms with Crippen LogP contribution in [0, 0.1) is 12.7 Å². The highest BCUT2D eigenvalue weighted by Gasteiger charge is 2.29. The summed E-state index contributed by atoms with van der Waals surface area (Å²) < 4.78 is 26.5. The van der Waals surface area contributed by atoms with Crippen LogP contribution in [0.2, 0.25) is 0 Å². The monoisotopic (exact) mass is 586 g/mol. The van der Waals surface area contributed by atoms with Crippen molar-refractivity contribution in [3.8, 4) is 11.6 Å². The fourth-order valence-electron chi connectivity index (χ4n) is 4.17. The molecular formula is C28H35FN6O5S. The lowest BCUT2D eigenvalue weighted by Gasteiger charge is -2.21. The number of amides is 2. The van der Waals surface area contributed by atoms with Crippen molar-refractivity contribution in [1.82, 2.24) is 20.3 Å². The van der Waals surface area contributed by atoms with Crippen LogP contribution >= 0.6 is 11.3 Å². The van der Waals surface area contributed by atoms with Gasteiger partial charge in [-0.2, -0.15) is 9.37 Å². The van der Waals surface area contributed by atoms with E-state index in [9.17, 15) is 19.1 Å². The number of nitrogens with zero attached hydrogens (tertiary/aromatic N) is 4. The van der Waals surface area contributed by atoms with Gasteiger partial charge in [0.2, 0.25) is 11.7 Å². The molecule has 41 heavy (non-hydrogen) atoms. The number of thiazole rings is 1. The molecule has 2 amide bonds. The molecule has 13 heteroatoms. The van der Waals surface area contributed by atoms with Crippen LogP contribution in [-0.2, 0) is 4.79 Å². The van der Waals surface area contributed by atoms with E-state index in [0.29, 0.717) is 47.4 Å². The number of ether oxygens (including phenoxy) is 2. The summed E-state index contributed by atoms with van der Waals surface area (Å²) in [6.07, 6.45) is 2.07. The standard InChI is InChI=1S/C28H35FN6O5S/c1-6-21(36)34-27-33-17(3)23(41-27)25(37)32-16(2)18-7-9-19(10-8-18)40-20-11-12-35(13-20)24-22(29)26(31-15-30-24)39-14-28(4,5)38/h7-10,15-16,20,38H,6,11-14H2,1-5H3,(H,32,37)(H,33,34,36)/t16-,20+/m0/s1. The second-order valence-corrected chi connectivity index (χ2v) is 11.5. The Morgan fingerprint density at radius 1 is 1.27 bits per heavy atom. The number of hydrogen-bond donors (Lipinski definition) is 3. The van der Waals surface area contributed by atoms with Crippen LogP contribution < -0.4 is 25.0 Å². The Hall–Kier alpha value is -3.84. The maximum absolute atomic E-state index is 15.0. The molecule has 1 aliphatic rings. The van der Waals surface area contributed by atoms with Crippen molar-refractivity contribution in [1.29, 1.82) is 0 Å². The minimum Gasteiger partial charge on any atom is -0.489 e. The number of anilines is 2. The Bertz CT molecular complexity index is 1380. The Morgan fingerprint density at radius 2 is 2.00 bits per heavy atom. The largest absolute Gasteiger partial charge is 0.489 e. The van der Waals surface area contributed by atoms with Crippen LogP contribution in [0.3, 0.4) is 0 Å². The van der Waals surface area contributed by atoms with Crippen molar-refractivity contribution in [2.45, 2.75) is 65.2 Å². The zero-order chi connectivity index (χ0) is 29.7. The van der Waals surface area contributed by atoms with E-state index < -0.39 is 11.4 Å². The number of aryl methyl sites for hydroxylation is 1. The third-order valence-corrected chi connectivity index (χ3v) is 7.42. The van der Waals surface area contributed by atoms with Gasteiger partial charge < -0.3 is 30.1 Å². The first-order valence-corrected chi connectivity index (χ1v) is 14.2. The fraction of sp³-hybridized carbons (Fsp3) is 0.464. The number of nitrogens with one attached hydrogen (secondary N) is 2. The van der Waals surface area contributed by atoms with Gasteiger partial charge in [0.15, 0.2) is 10.9 Å². The molecule has 0 unspecified atom stereocenters. The van der Waals surface area contributed by atoms with E-state index in [2.05, 4.69) is 25.6 Å². The number of aromatic nitrogens is 3. The van der Waals surface area contributed by atoms with E-state index in [-0.39, 0.29) is 42.3 Å². The van der Waals surface area contributed by atoms with E-state index in [1.807, 2.05) is 31.2 Å². The van der Waals surface area contributed by atoms with E-state index in [0.717, 1.165) is 16.9 Å². The number of hydrogen-bond acceptors (Lipinski definition) is 10. The predicted molar refractivity (Wildman–Crippen MR) is 153 cm³/mol. The molecule has 1 aromatic carbocycles. The van der Waals surface area contributed by atoms with E-state index in [1.165, 1.54) is 6.33 Å². The fourth-order valence-corrected chi connectivity index (χ4v) is 5.05. The summed E-state index contributed by atoms with van der Waals surface area (Å²) in [5, 5.41) is 15.9. The molecule has 3 aromatic rings. The van der Waals surface area contributed by atoms with Gasteiger partial charge in [-0.1, -0.05) is 30.4 Å². The number of aliphatic hydroxyl groups is 1. The van der Waals surface area contributed by atoms with Gasteiger partial charge in [-0.25, -0.2) is 9.97 Å². The third-order valence-electron chi connectivity index (χ3n) is 6.35. The van der Waals surface area contributed by atoms with Gasteiger partial charge >= 0.3 is 0 Å². The van der Waals surface area contributed by atoms with Crippen LogP contribution in [0.4, 0.5) is 15.3 Å². The molecular weight excluding hydrogens is 551 g/mol. The van der Waals surface area contributed by atoms with Crippen LogP contribution in [0.5, 0.6) is 11.6 Å². The minimum atomic E-state index is -1.12. The second kappa shape index (κ2) is 12.8. The summed E-state index contributed by atoms with van der Waals surface area (Å²) in [4.78, 5) is 38.9. The molecule has 0 radical (unpaired) electrons. The number of benzene rings is 1. The Morgan fingerprint density at radius 3 is 2.68 bits per heavy atom. The summed E-state index contributed by atoms with van der Waals surface area (Å²) in [7, 11) is 0. The van der Waals surface area contributed by atoms with Gasteiger partial charge in [0, 0.05) is 19.4 Å². The first kappa shape index (κ1) is 30.1. The topological polar surface area (TPSA) is 139 Å². The molecule has 4 rings (SSSR count). The van der Waals surface area contributed by atoms with Gasteiger partial charge in [0.1, 0.15) is 29.7 Å². The molecule has 1 aliphatic heterocycles. The van der Waals surface area contributed by atoms with Crippen molar-refractivity contribution >= 4 is 34.1 Å². The molecule has 11 nitrogen and oxygen atoms in total. The van der Waals surface area contributed by atoms with Gasteiger partial charge in [-0.05, 0) is 45.4 Å². The molecule has 3 N–H and O–H groups in total. The molecule has 1 saturated heterocycles. The van der Waals surface area contributed by atoms with Gasteiger partial charge in [0.05, 0.1) is 23.9 Å². The van der Waals surface area contributed by atoms with Gasteiger partial charge in [0.25, 0.3) is 11.8 Å². The second-order valence-electron chi connectivity index (χ2n) is 10.5. The number of carbonyl (C=O) groups is 2. The zero-order valence-corrected chi connectivity index (χ0v) is 24.5. The van der Waals surface area contributed by atoms with Crippen LogP contribution in [0.1, 0.15) is 67.5 Å². The quantitative estimate of drug-likeness (QED) is 0.304. The summed E-state index contributed by atoms with van der Waals surface area (Å²) in [6, 6.07) is 7.17. The van der Waals surface area contributed by atoms with E-state index in [4.69, 9.17) is 9.47 Å². The average Bonchev–Trinajstić information content (AvgIpc) is 3.53. The average molecular weight is 587 g/mol. The van der Waals surface area contributed by atoms with Crippen molar-refractivity contribution in [2.75, 3.05) is 29.9 Å². The highest BCUT2D eigenvalue weighted by atomic mass is 32.1. The third kappa shape index (κ3) is 7.88. The maximum Gasteiger partial charge on any atom is 0.263 e. The summed E-state index contributed by atoms with van der Waals surface area (Å²) in [5.74, 6) is -0.504.